The summed E-state index contributed by atoms with van der Waals surface area (Å²) >= 11 is 1.49. The van der Waals surface area contributed by atoms with Crippen LogP contribution in [0.15, 0.2) is 29.3 Å². The molecule has 1 atom stereocenters. The third-order valence-corrected chi connectivity index (χ3v) is 3.42. The first-order valence-corrected chi connectivity index (χ1v) is 5.80. The lowest BCUT2D eigenvalue weighted by Gasteiger charge is -1.97. The molecule has 0 saturated carbocycles. The Bertz CT molecular complexity index is 595. The molecule has 84 valence electrons. The topological polar surface area (TPSA) is 60.4 Å². The van der Waals surface area contributed by atoms with Crippen molar-refractivity contribution in [2.75, 3.05) is 0 Å². The third kappa shape index (κ3) is 1.91. The Balaban J connectivity index is 2.62. The Hall–Kier alpha value is -1.46. The van der Waals surface area contributed by atoms with Crippen LogP contribution in [0.5, 0.6) is 0 Å². The Morgan fingerprint density at radius 2 is 2.19 bits per heavy atom. The van der Waals surface area contributed by atoms with Crippen LogP contribution in [0.1, 0.15) is 6.92 Å². The first-order valence-electron chi connectivity index (χ1n) is 4.98. The number of thiazole rings is 1. The summed E-state index contributed by atoms with van der Waals surface area (Å²) < 4.78 is 3.02. The molecule has 4 nitrogen and oxygen atoms in total. The van der Waals surface area contributed by atoms with Gasteiger partial charge in [-0.25, -0.2) is 0 Å². The van der Waals surface area contributed by atoms with Crippen LogP contribution >= 0.6 is 11.3 Å². The molecule has 0 aliphatic carbocycles. The minimum absolute atomic E-state index is 0.290. The summed E-state index contributed by atoms with van der Waals surface area (Å²) in [6.45, 7) is 1.64. The van der Waals surface area contributed by atoms with Crippen molar-refractivity contribution in [3.8, 4) is 0 Å². The van der Waals surface area contributed by atoms with Crippen molar-refractivity contribution in [3.63, 3.8) is 0 Å². The molecular weight excluding hydrogens is 222 g/mol. The van der Waals surface area contributed by atoms with E-state index in [0.29, 0.717) is 4.80 Å². The van der Waals surface area contributed by atoms with Crippen LogP contribution in [-0.2, 0) is 11.8 Å². The number of fused-ring (bicyclic) bond motifs is 1. The summed E-state index contributed by atoms with van der Waals surface area (Å²) in [6.07, 6.45) is 0. The molecule has 0 aliphatic heterocycles. The zero-order chi connectivity index (χ0) is 11.7. The van der Waals surface area contributed by atoms with Crippen LogP contribution in [-0.4, -0.2) is 16.5 Å². The van der Waals surface area contributed by atoms with E-state index in [1.54, 1.807) is 6.92 Å². The molecule has 16 heavy (non-hydrogen) atoms. The van der Waals surface area contributed by atoms with Gasteiger partial charge in [0.25, 0.3) is 5.91 Å². The monoisotopic (exact) mass is 235 g/mol. The average molecular weight is 235 g/mol. The van der Waals surface area contributed by atoms with Crippen molar-refractivity contribution in [2.24, 2.45) is 17.8 Å². The van der Waals surface area contributed by atoms with Crippen LogP contribution in [0.25, 0.3) is 10.2 Å². The van der Waals surface area contributed by atoms with Crippen molar-refractivity contribution in [3.05, 3.63) is 29.1 Å². The van der Waals surface area contributed by atoms with E-state index in [-0.39, 0.29) is 5.91 Å². The van der Waals surface area contributed by atoms with Gasteiger partial charge in [0.15, 0.2) is 4.80 Å². The number of hydrogen-bond acceptors (Lipinski definition) is 3. The number of aryl methyl sites for hydroxylation is 1. The summed E-state index contributed by atoms with van der Waals surface area (Å²) in [6, 6.07) is 7.39. The van der Waals surface area contributed by atoms with Gasteiger partial charge in [-0.1, -0.05) is 23.5 Å². The van der Waals surface area contributed by atoms with Crippen LogP contribution in [0.3, 0.4) is 0 Å². The first kappa shape index (κ1) is 11.0. The SMILES string of the molecule is CC(N)C(=O)N=c1sc2ccccc2n1C. The van der Waals surface area contributed by atoms with E-state index >= 15 is 0 Å². The molecular formula is C11H13N3OS. The van der Waals surface area contributed by atoms with Crippen molar-refractivity contribution < 1.29 is 4.79 Å². The summed E-state index contributed by atoms with van der Waals surface area (Å²) in [7, 11) is 1.89. The molecule has 0 fully saturated rings. The average Bonchev–Trinajstić information content (AvgIpc) is 2.56. The van der Waals surface area contributed by atoms with Gasteiger partial charge in [0.1, 0.15) is 0 Å². The van der Waals surface area contributed by atoms with E-state index in [1.807, 2.05) is 35.9 Å². The number of nitrogens with zero attached hydrogens (tertiary/aromatic N) is 2. The summed E-state index contributed by atoms with van der Waals surface area (Å²) in [5.41, 5.74) is 6.55. The second-order valence-corrected chi connectivity index (χ2v) is 4.66. The first-order chi connectivity index (χ1) is 7.59. The maximum Gasteiger partial charge on any atom is 0.264 e. The molecule has 2 N–H and O–H groups in total. The number of para-hydroxylation sites is 1. The van der Waals surface area contributed by atoms with Crippen LogP contribution in [0.4, 0.5) is 0 Å². The van der Waals surface area contributed by atoms with Gasteiger partial charge < -0.3 is 10.3 Å². The number of carbonyl (C=O) groups excluding carboxylic acids is 1. The molecule has 1 unspecified atom stereocenters. The normalized spacial score (nSPS) is 14.3. The quantitative estimate of drug-likeness (QED) is 0.802. The van der Waals surface area contributed by atoms with Gasteiger partial charge in [-0.05, 0) is 19.1 Å². The highest BCUT2D eigenvalue weighted by Gasteiger charge is 2.07. The zero-order valence-electron chi connectivity index (χ0n) is 9.18. The number of benzene rings is 1. The molecule has 1 heterocycles. The van der Waals surface area contributed by atoms with Crippen molar-refractivity contribution in [2.45, 2.75) is 13.0 Å². The summed E-state index contributed by atoms with van der Waals surface area (Å²) in [4.78, 5) is 16.1. The van der Waals surface area contributed by atoms with Crippen LogP contribution in [0, 0.1) is 0 Å². The largest absolute Gasteiger partial charge is 0.320 e. The second kappa shape index (κ2) is 4.19. The highest BCUT2D eigenvalue weighted by atomic mass is 32.1. The van der Waals surface area contributed by atoms with Gasteiger partial charge in [0.05, 0.1) is 16.3 Å². The molecule has 0 radical (unpaired) electrons. The Labute approximate surface area is 97.0 Å². The molecule has 0 aliphatic rings. The van der Waals surface area contributed by atoms with Gasteiger partial charge in [0, 0.05) is 7.05 Å². The Morgan fingerprint density at radius 1 is 1.50 bits per heavy atom. The highest BCUT2D eigenvalue weighted by molar-refractivity contribution is 7.16. The molecule has 2 aromatic rings. The Morgan fingerprint density at radius 3 is 2.81 bits per heavy atom. The predicted molar refractivity (Wildman–Crippen MR) is 65.0 cm³/mol. The lowest BCUT2D eigenvalue weighted by atomic mass is 10.3. The van der Waals surface area contributed by atoms with E-state index in [1.165, 1.54) is 11.3 Å². The minimum atomic E-state index is -0.551. The van der Waals surface area contributed by atoms with E-state index in [2.05, 4.69) is 4.99 Å². The van der Waals surface area contributed by atoms with Gasteiger partial charge in [0.2, 0.25) is 0 Å². The van der Waals surface area contributed by atoms with Gasteiger partial charge >= 0.3 is 0 Å². The predicted octanol–water partition coefficient (Wildman–Crippen LogP) is 1.01. The molecule has 2 rings (SSSR count). The van der Waals surface area contributed by atoms with E-state index in [4.69, 9.17) is 5.73 Å². The van der Waals surface area contributed by atoms with Crippen LogP contribution in [0.2, 0.25) is 0 Å². The minimum Gasteiger partial charge on any atom is -0.320 e. The zero-order valence-corrected chi connectivity index (χ0v) is 9.99. The van der Waals surface area contributed by atoms with Crippen molar-refractivity contribution >= 4 is 27.5 Å². The number of hydrogen-bond donors (Lipinski definition) is 1. The summed E-state index contributed by atoms with van der Waals surface area (Å²) in [5.74, 6) is -0.290. The lowest BCUT2D eigenvalue weighted by Crippen LogP contribution is -2.27. The van der Waals surface area contributed by atoms with E-state index < -0.39 is 6.04 Å². The van der Waals surface area contributed by atoms with Crippen molar-refractivity contribution in [1.82, 2.24) is 4.57 Å². The fourth-order valence-electron chi connectivity index (χ4n) is 1.38. The van der Waals surface area contributed by atoms with Crippen molar-refractivity contribution in [1.29, 1.82) is 0 Å². The fraction of sp³-hybridized carbons (Fsp3) is 0.273. The number of aromatic nitrogens is 1. The number of amides is 1. The molecule has 0 bridgehead atoms. The van der Waals surface area contributed by atoms with Crippen LogP contribution < -0.4 is 10.5 Å². The number of carbonyl (C=O) groups is 1. The molecule has 1 aromatic carbocycles. The molecule has 1 aromatic heterocycles. The van der Waals surface area contributed by atoms with Gasteiger partial charge in [-0.2, -0.15) is 4.99 Å². The highest BCUT2D eigenvalue weighted by Crippen LogP contribution is 2.15. The Kier molecular flexibility index (Phi) is 2.89. The summed E-state index contributed by atoms with van der Waals surface area (Å²) in [5, 5.41) is 0. The second-order valence-electron chi connectivity index (χ2n) is 3.65. The molecule has 0 spiro atoms. The third-order valence-electron chi connectivity index (χ3n) is 2.31. The van der Waals surface area contributed by atoms with E-state index in [9.17, 15) is 4.79 Å². The molecule has 5 heteroatoms. The smallest absolute Gasteiger partial charge is 0.264 e. The number of rotatable bonds is 1. The molecule has 0 saturated heterocycles. The fourth-order valence-corrected chi connectivity index (χ4v) is 2.41. The standard InChI is InChI=1S/C11H13N3OS/c1-7(12)10(15)13-11-14(2)8-5-3-4-6-9(8)16-11/h3-7H,12H2,1-2H3. The van der Waals surface area contributed by atoms with Gasteiger partial charge in [-0.15, -0.1) is 0 Å². The molecule has 1 amide bonds. The maximum absolute atomic E-state index is 11.4. The van der Waals surface area contributed by atoms with Gasteiger partial charge in [-0.3, -0.25) is 4.79 Å². The van der Waals surface area contributed by atoms with E-state index in [0.717, 1.165) is 10.2 Å². The maximum atomic E-state index is 11.4. The lowest BCUT2D eigenvalue weighted by molar-refractivity contribution is -0.118. The number of nitrogens with two attached hydrogens (primary N) is 1.